The van der Waals surface area contributed by atoms with Gasteiger partial charge >= 0.3 is 11.9 Å². The maximum Gasteiger partial charge on any atom is 0.363 e. The normalized spacial score (nSPS) is 10.8. The van der Waals surface area contributed by atoms with Gasteiger partial charge in [-0.1, -0.05) is 6.07 Å². The van der Waals surface area contributed by atoms with Crippen LogP contribution in [0.15, 0.2) is 63.8 Å². The molecule has 0 radical (unpaired) electrons. The van der Waals surface area contributed by atoms with Gasteiger partial charge in [0.05, 0.1) is 11.1 Å². The van der Waals surface area contributed by atoms with Crippen molar-refractivity contribution in [2.75, 3.05) is 7.05 Å². The number of hydroxylamine groups is 2. The van der Waals surface area contributed by atoms with Gasteiger partial charge in [-0.05, 0) is 42.0 Å². The Morgan fingerprint density at radius 1 is 1.03 bits per heavy atom. The third kappa shape index (κ3) is 4.64. The van der Waals surface area contributed by atoms with Gasteiger partial charge in [0, 0.05) is 48.5 Å². The largest absolute Gasteiger partial charge is 0.508 e. The minimum absolute atomic E-state index is 0.0323. The number of aromatic carboxylic acids is 1. The Labute approximate surface area is 203 Å². The number of carbonyl (C=O) groups is 4. The Hall–Kier alpha value is -4.99. The minimum atomic E-state index is -1.34. The number of carboxylic acid groups (broad SMARTS) is 1. The van der Waals surface area contributed by atoms with Gasteiger partial charge in [0.1, 0.15) is 23.4 Å². The van der Waals surface area contributed by atoms with E-state index in [1.54, 1.807) is 6.07 Å². The summed E-state index contributed by atoms with van der Waals surface area (Å²) in [5.74, 6) is -2.80. The Morgan fingerprint density at radius 2 is 1.78 bits per heavy atom. The molecule has 2 N–H and O–H groups in total. The molecule has 1 heterocycles. The molecule has 4 rings (SSSR count). The number of aromatic hydroxyl groups is 1. The Morgan fingerprint density at radius 3 is 2.50 bits per heavy atom. The smallest absolute Gasteiger partial charge is 0.363 e. The summed E-state index contributed by atoms with van der Waals surface area (Å²) in [7, 11) is 1.21. The maximum atomic E-state index is 12.6. The second-order valence-corrected chi connectivity index (χ2v) is 7.86. The lowest BCUT2D eigenvalue weighted by molar-refractivity contribution is -0.161. The zero-order valence-electron chi connectivity index (χ0n) is 18.9. The lowest BCUT2D eigenvalue weighted by Crippen LogP contribution is -2.29. The van der Waals surface area contributed by atoms with E-state index in [2.05, 4.69) is 0 Å². The number of carboxylic acids is 1. The van der Waals surface area contributed by atoms with E-state index < -0.39 is 17.8 Å². The summed E-state index contributed by atoms with van der Waals surface area (Å²) >= 11 is 0. The third-order valence-corrected chi connectivity index (χ3v) is 5.48. The monoisotopic (exact) mass is 489 g/mol. The molecule has 0 saturated carbocycles. The van der Waals surface area contributed by atoms with Gasteiger partial charge in [0.2, 0.25) is 0 Å². The molecule has 182 valence electrons. The van der Waals surface area contributed by atoms with Crippen LogP contribution >= 0.6 is 0 Å². The first-order valence-electron chi connectivity index (χ1n) is 10.7. The summed E-state index contributed by atoms with van der Waals surface area (Å²) in [6.45, 7) is 0. The molecule has 0 bridgehead atoms. The number of hydrogen-bond donors (Lipinski definition) is 2. The maximum absolute atomic E-state index is 12.6. The van der Waals surface area contributed by atoms with Gasteiger partial charge in [0.15, 0.2) is 5.43 Å². The van der Waals surface area contributed by atoms with Crippen LogP contribution < -0.4 is 5.43 Å². The zero-order valence-corrected chi connectivity index (χ0v) is 18.9. The predicted octanol–water partition coefficient (Wildman–Crippen LogP) is 3.48. The van der Waals surface area contributed by atoms with Crippen molar-refractivity contribution < 1.29 is 38.6 Å². The molecular weight excluding hydrogens is 470 g/mol. The molecule has 36 heavy (non-hydrogen) atoms. The molecule has 0 atom stereocenters. The van der Waals surface area contributed by atoms with E-state index in [0.717, 1.165) is 6.07 Å². The quantitative estimate of drug-likeness (QED) is 0.236. The molecule has 2 aliphatic rings. The zero-order chi connectivity index (χ0) is 26.0. The molecular formula is C26H19NO9. The van der Waals surface area contributed by atoms with E-state index in [1.165, 1.54) is 49.5 Å². The highest BCUT2D eigenvalue weighted by Gasteiger charge is 2.24. The molecule has 10 nitrogen and oxygen atoms in total. The SMILES string of the molecule is CN(OC(=O)c1ccc(-c2c3ccc(=O)cc-3oc3cc(O)ccc23)c(C(=O)O)c1)C(=O)CCC=O. The van der Waals surface area contributed by atoms with Crippen molar-refractivity contribution in [3.8, 4) is 28.2 Å². The van der Waals surface area contributed by atoms with Crippen molar-refractivity contribution in [2.24, 2.45) is 0 Å². The van der Waals surface area contributed by atoms with E-state index in [9.17, 15) is 34.2 Å². The highest BCUT2D eigenvalue weighted by Crippen LogP contribution is 2.42. The number of fused-ring (bicyclic) bond motifs is 2. The van der Waals surface area contributed by atoms with Gasteiger partial charge < -0.3 is 24.3 Å². The van der Waals surface area contributed by atoms with Crippen molar-refractivity contribution in [3.05, 3.63) is 75.9 Å². The van der Waals surface area contributed by atoms with Crippen LogP contribution in [0.5, 0.6) is 5.75 Å². The molecule has 1 aliphatic heterocycles. The van der Waals surface area contributed by atoms with Crippen LogP contribution in [0.2, 0.25) is 0 Å². The van der Waals surface area contributed by atoms with Crippen LogP contribution in [-0.4, -0.2) is 46.5 Å². The number of nitrogens with zero attached hydrogens (tertiary/aromatic N) is 1. The highest BCUT2D eigenvalue weighted by molar-refractivity contribution is 6.08. The van der Waals surface area contributed by atoms with Crippen LogP contribution in [0, 0.1) is 0 Å². The third-order valence-electron chi connectivity index (χ3n) is 5.48. The van der Waals surface area contributed by atoms with E-state index in [0.29, 0.717) is 27.9 Å². The number of amides is 1. The van der Waals surface area contributed by atoms with Crippen LogP contribution in [0.25, 0.3) is 33.4 Å². The second kappa shape index (κ2) is 9.71. The molecule has 10 heteroatoms. The Bertz CT molecular complexity index is 1550. The molecule has 0 unspecified atom stereocenters. The Balaban J connectivity index is 1.84. The topological polar surface area (TPSA) is 151 Å². The second-order valence-electron chi connectivity index (χ2n) is 7.86. The summed E-state index contributed by atoms with van der Waals surface area (Å²) in [6.07, 6.45) is 0.386. The van der Waals surface area contributed by atoms with Gasteiger partial charge in [-0.3, -0.25) is 9.59 Å². The van der Waals surface area contributed by atoms with Crippen molar-refractivity contribution in [1.29, 1.82) is 0 Å². The van der Waals surface area contributed by atoms with Crippen molar-refractivity contribution in [3.63, 3.8) is 0 Å². The number of hydrogen-bond acceptors (Lipinski definition) is 8. The molecule has 1 amide bonds. The van der Waals surface area contributed by atoms with Crippen molar-refractivity contribution >= 4 is 35.1 Å². The first-order chi connectivity index (χ1) is 17.2. The van der Waals surface area contributed by atoms with Gasteiger partial charge in [-0.15, -0.1) is 0 Å². The van der Waals surface area contributed by atoms with E-state index in [1.807, 2.05) is 0 Å². The lowest BCUT2D eigenvalue weighted by Gasteiger charge is -2.18. The standard InChI is InChI=1S/C26H19NO9/c1-27(23(31)3-2-10-28)36-26(34)14-4-7-17(20(11-14)25(32)33)24-18-8-5-15(29)12-21(18)35-22-13-16(30)6-9-19(22)24/h4-13,29H,2-3H2,1H3,(H,32,33). The number of benzene rings is 3. The fourth-order valence-electron chi connectivity index (χ4n) is 3.78. The lowest BCUT2D eigenvalue weighted by atomic mass is 9.90. The highest BCUT2D eigenvalue weighted by atomic mass is 16.7. The average Bonchev–Trinajstić information content (AvgIpc) is 2.85. The van der Waals surface area contributed by atoms with Gasteiger partial charge in [-0.2, -0.15) is 5.06 Å². The molecule has 2 aromatic rings. The first-order valence-corrected chi connectivity index (χ1v) is 10.7. The summed E-state index contributed by atoms with van der Waals surface area (Å²) in [5, 5.41) is 21.0. The molecule has 0 spiro atoms. The number of phenols is 1. The van der Waals surface area contributed by atoms with Gasteiger partial charge in [-0.25, -0.2) is 9.59 Å². The van der Waals surface area contributed by atoms with Crippen LogP contribution in [0.1, 0.15) is 33.6 Å². The fraction of sp³-hybridized carbons (Fsp3) is 0.115. The van der Waals surface area contributed by atoms with E-state index >= 15 is 0 Å². The van der Waals surface area contributed by atoms with Crippen molar-refractivity contribution in [2.45, 2.75) is 12.8 Å². The van der Waals surface area contributed by atoms with E-state index in [-0.39, 0.29) is 52.1 Å². The van der Waals surface area contributed by atoms with Crippen molar-refractivity contribution in [1.82, 2.24) is 5.06 Å². The summed E-state index contributed by atoms with van der Waals surface area (Å²) in [5.41, 5.74) is 0.631. The average molecular weight is 489 g/mol. The first kappa shape index (κ1) is 24.1. The number of phenolic OH excluding ortho intramolecular Hbond substituents is 1. The molecule has 0 fully saturated rings. The molecule has 0 saturated heterocycles. The van der Waals surface area contributed by atoms with E-state index in [4.69, 9.17) is 9.25 Å². The van der Waals surface area contributed by atoms with Crippen LogP contribution in [0.4, 0.5) is 0 Å². The summed E-state index contributed by atoms with van der Waals surface area (Å²) < 4.78 is 5.79. The number of aldehydes is 1. The fourth-order valence-corrected chi connectivity index (χ4v) is 3.78. The number of carbonyl (C=O) groups excluding carboxylic acids is 3. The Kier molecular flexibility index (Phi) is 6.51. The summed E-state index contributed by atoms with van der Waals surface area (Å²) in [6, 6.07) is 12.3. The molecule has 1 aliphatic carbocycles. The minimum Gasteiger partial charge on any atom is -0.508 e. The summed E-state index contributed by atoms with van der Waals surface area (Å²) in [4.78, 5) is 64.1. The van der Waals surface area contributed by atoms with Crippen LogP contribution in [0.3, 0.4) is 0 Å². The van der Waals surface area contributed by atoms with Crippen LogP contribution in [-0.2, 0) is 14.4 Å². The molecule has 0 aromatic heterocycles. The molecule has 2 aromatic carbocycles. The predicted molar refractivity (Wildman–Crippen MR) is 127 cm³/mol. The van der Waals surface area contributed by atoms with Gasteiger partial charge in [0.25, 0.3) is 5.91 Å². The number of rotatable bonds is 6.